The Morgan fingerprint density at radius 1 is 1.50 bits per heavy atom. The van der Waals surface area contributed by atoms with Crippen LogP contribution in [0.15, 0.2) is 24.7 Å². The van der Waals surface area contributed by atoms with E-state index in [9.17, 15) is 4.79 Å². The number of aromatic carboxylic acids is 1. The van der Waals surface area contributed by atoms with Crippen LogP contribution in [0, 0.1) is 6.92 Å². The van der Waals surface area contributed by atoms with Crippen LogP contribution in [0.4, 0.5) is 0 Å². The number of nitrogens with zero attached hydrogens (tertiary/aromatic N) is 5. The lowest BCUT2D eigenvalue weighted by molar-refractivity contribution is 0.0690. The molecule has 0 amide bonds. The minimum absolute atomic E-state index is 0.00782. The molecule has 20 heavy (non-hydrogen) atoms. The lowest BCUT2D eigenvalue weighted by atomic mass is 10.1. The van der Waals surface area contributed by atoms with E-state index in [1.807, 2.05) is 12.3 Å². The van der Waals surface area contributed by atoms with Gasteiger partial charge in [-0.1, -0.05) is 5.21 Å². The van der Waals surface area contributed by atoms with Gasteiger partial charge in [0, 0.05) is 32.0 Å². The largest absolute Gasteiger partial charge is 0.476 e. The maximum absolute atomic E-state index is 10.8. The second kappa shape index (κ2) is 5.01. The molecule has 1 saturated heterocycles. The average molecular weight is 273 g/mol. The number of carboxylic acid groups (broad SMARTS) is 1. The quantitative estimate of drug-likeness (QED) is 0.884. The average Bonchev–Trinajstić information content (AvgIpc) is 2.84. The Morgan fingerprint density at radius 3 is 2.95 bits per heavy atom. The number of hydrogen-bond acceptors (Lipinski definition) is 5. The van der Waals surface area contributed by atoms with Crippen molar-refractivity contribution in [1.82, 2.24) is 24.9 Å². The SMILES string of the molecule is Cc1ccncc1CN1CC(n2cc(C(=O)O)nn2)C1. The van der Waals surface area contributed by atoms with Crippen LogP contribution in [0.3, 0.4) is 0 Å². The summed E-state index contributed by atoms with van der Waals surface area (Å²) >= 11 is 0. The first-order valence-corrected chi connectivity index (χ1v) is 6.40. The van der Waals surface area contributed by atoms with Gasteiger partial charge >= 0.3 is 5.97 Å². The highest BCUT2D eigenvalue weighted by Crippen LogP contribution is 2.23. The van der Waals surface area contributed by atoms with Crippen LogP contribution in [0.1, 0.15) is 27.7 Å². The Morgan fingerprint density at radius 2 is 2.30 bits per heavy atom. The molecular weight excluding hydrogens is 258 g/mol. The van der Waals surface area contributed by atoms with Crippen molar-refractivity contribution >= 4 is 5.97 Å². The molecule has 2 aromatic rings. The van der Waals surface area contributed by atoms with Crippen molar-refractivity contribution in [2.75, 3.05) is 13.1 Å². The summed E-state index contributed by atoms with van der Waals surface area (Å²) in [6, 6.07) is 2.20. The first kappa shape index (κ1) is 12.7. The molecule has 7 heteroatoms. The van der Waals surface area contributed by atoms with Crippen molar-refractivity contribution in [3.05, 3.63) is 41.5 Å². The molecule has 0 saturated carbocycles. The molecule has 2 aromatic heterocycles. The molecule has 1 fully saturated rings. The van der Waals surface area contributed by atoms with Gasteiger partial charge in [0.2, 0.25) is 0 Å². The van der Waals surface area contributed by atoms with E-state index in [2.05, 4.69) is 27.1 Å². The van der Waals surface area contributed by atoms with Gasteiger partial charge in [0.15, 0.2) is 5.69 Å². The van der Waals surface area contributed by atoms with Gasteiger partial charge in [-0.15, -0.1) is 5.10 Å². The van der Waals surface area contributed by atoms with Crippen molar-refractivity contribution in [2.45, 2.75) is 19.5 Å². The number of rotatable bonds is 4. The third kappa shape index (κ3) is 2.39. The summed E-state index contributed by atoms with van der Waals surface area (Å²) in [5.74, 6) is -1.04. The highest BCUT2D eigenvalue weighted by molar-refractivity contribution is 5.84. The fourth-order valence-corrected chi connectivity index (χ4v) is 2.30. The molecule has 0 spiro atoms. The zero-order chi connectivity index (χ0) is 14.1. The van der Waals surface area contributed by atoms with Gasteiger partial charge in [0.05, 0.1) is 12.2 Å². The Bertz CT molecular complexity index is 633. The van der Waals surface area contributed by atoms with E-state index in [0.29, 0.717) is 0 Å². The highest BCUT2D eigenvalue weighted by Gasteiger charge is 2.29. The molecule has 0 unspecified atom stereocenters. The molecule has 0 aromatic carbocycles. The molecule has 3 heterocycles. The fourth-order valence-electron chi connectivity index (χ4n) is 2.30. The topological polar surface area (TPSA) is 84.1 Å². The number of aromatic nitrogens is 4. The Hall–Kier alpha value is -2.28. The predicted octanol–water partition coefficient (Wildman–Crippen LogP) is 0.737. The molecule has 0 radical (unpaired) electrons. The maximum Gasteiger partial charge on any atom is 0.358 e. The van der Waals surface area contributed by atoms with E-state index in [0.717, 1.165) is 19.6 Å². The highest BCUT2D eigenvalue weighted by atomic mass is 16.4. The van der Waals surface area contributed by atoms with Crippen molar-refractivity contribution in [2.24, 2.45) is 0 Å². The number of pyridine rings is 1. The van der Waals surface area contributed by atoms with Crippen LogP contribution in [0.25, 0.3) is 0 Å². The summed E-state index contributed by atoms with van der Waals surface area (Å²) in [5, 5.41) is 16.3. The first-order chi connectivity index (χ1) is 9.63. The van der Waals surface area contributed by atoms with Gasteiger partial charge in [-0.2, -0.15) is 0 Å². The molecule has 1 aliphatic heterocycles. The zero-order valence-corrected chi connectivity index (χ0v) is 11.1. The minimum atomic E-state index is -1.04. The molecule has 1 aliphatic rings. The molecule has 0 aliphatic carbocycles. The second-order valence-corrected chi connectivity index (χ2v) is 5.04. The molecule has 3 rings (SSSR count). The summed E-state index contributed by atoms with van der Waals surface area (Å²) in [5.41, 5.74) is 2.44. The van der Waals surface area contributed by atoms with Gasteiger partial charge in [-0.05, 0) is 24.1 Å². The minimum Gasteiger partial charge on any atom is -0.476 e. The number of hydrogen-bond donors (Lipinski definition) is 1. The van der Waals surface area contributed by atoms with Crippen LogP contribution >= 0.6 is 0 Å². The number of carbonyl (C=O) groups is 1. The summed E-state index contributed by atoms with van der Waals surface area (Å²) in [6.07, 6.45) is 5.17. The van der Waals surface area contributed by atoms with Gasteiger partial charge in [-0.3, -0.25) is 9.88 Å². The summed E-state index contributed by atoms with van der Waals surface area (Å²) < 4.78 is 1.63. The van der Waals surface area contributed by atoms with Crippen LogP contribution in [0.2, 0.25) is 0 Å². The van der Waals surface area contributed by atoms with E-state index >= 15 is 0 Å². The second-order valence-electron chi connectivity index (χ2n) is 5.04. The maximum atomic E-state index is 10.8. The third-order valence-corrected chi connectivity index (χ3v) is 3.58. The molecular formula is C13H15N5O2. The van der Waals surface area contributed by atoms with Crippen molar-refractivity contribution in [3.63, 3.8) is 0 Å². The lowest BCUT2D eigenvalue weighted by Crippen LogP contribution is -2.47. The lowest BCUT2D eigenvalue weighted by Gasteiger charge is -2.39. The Labute approximate surface area is 115 Å². The smallest absolute Gasteiger partial charge is 0.358 e. The van der Waals surface area contributed by atoms with E-state index in [1.165, 1.54) is 17.3 Å². The normalized spacial score (nSPS) is 16.1. The van der Waals surface area contributed by atoms with Crippen molar-refractivity contribution in [1.29, 1.82) is 0 Å². The van der Waals surface area contributed by atoms with Gasteiger partial charge in [-0.25, -0.2) is 9.48 Å². The van der Waals surface area contributed by atoms with Gasteiger partial charge in [0.1, 0.15) is 0 Å². The van der Waals surface area contributed by atoms with Crippen LogP contribution in [-0.4, -0.2) is 49.0 Å². The van der Waals surface area contributed by atoms with Crippen molar-refractivity contribution < 1.29 is 9.90 Å². The first-order valence-electron chi connectivity index (χ1n) is 6.40. The van der Waals surface area contributed by atoms with E-state index < -0.39 is 5.97 Å². The third-order valence-electron chi connectivity index (χ3n) is 3.58. The van der Waals surface area contributed by atoms with Gasteiger partial charge in [0.25, 0.3) is 0 Å². The number of likely N-dealkylation sites (tertiary alicyclic amines) is 1. The zero-order valence-electron chi connectivity index (χ0n) is 11.1. The summed E-state index contributed by atoms with van der Waals surface area (Å²) in [4.78, 5) is 17.2. The molecule has 0 bridgehead atoms. The Balaban J connectivity index is 1.58. The summed E-state index contributed by atoms with van der Waals surface area (Å²) in [6.45, 7) is 4.62. The molecule has 104 valence electrons. The van der Waals surface area contributed by atoms with E-state index in [1.54, 1.807) is 10.9 Å². The van der Waals surface area contributed by atoms with E-state index in [4.69, 9.17) is 5.11 Å². The monoisotopic (exact) mass is 273 g/mol. The summed E-state index contributed by atoms with van der Waals surface area (Å²) in [7, 11) is 0. The van der Waals surface area contributed by atoms with Crippen LogP contribution in [-0.2, 0) is 6.54 Å². The molecule has 7 nitrogen and oxygen atoms in total. The predicted molar refractivity (Wildman–Crippen MR) is 70.3 cm³/mol. The fraction of sp³-hybridized carbons (Fsp3) is 0.385. The van der Waals surface area contributed by atoms with Gasteiger partial charge < -0.3 is 5.11 Å². The van der Waals surface area contributed by atoms with Crippen LogP contribution in [0.5, 0.6) is 0 Å². The van der Waals surface area contributed by atoms with Crippen molar-refractivity contribution in [3.8, 4) is 0 Å². The molecule has 1 N–H and O–H groups in total. The Kier molecular flexibility index (Phi) is 3.19. The number of carboxylic acids is 1. The number of aryl methyl sites for hydroxylation is 1. The standard InChI is InChI=1S/C13H15N5O2/c1-9-2-3-14-4-10(9)5-17-6-11(7-17)18-8-12(13(19)20)15-16-18/h2-4,8,11H,5-7H2,1H3,(H,19,20). The van der Waals surface area contributed by atoms with E-state index in [-0.39, 0.29) is 11.7 Å². The van der Waals surface area contributed by atoms with Crippen LogP contribution < -0.4 is 0 Å². The molecule has 0 atom stereocenters.